The molecule has 0 N–H and O–H groups in total. The molecular weight excluding hydrogens is 252 g/mol. The van der Waals surface area contributed by atoms with E-state index in [9.17, 15) is 9.59 Å². The van der Waals surface area contributed by atoms with Crippen molar-refractivity contribution in [1.82, 2.24) is 10.1 Å². The first-order valence-electron chi connectivity index (χ1n) is 5.26. The molecule has 0 bridgehead atoms. The largest absolute Gasteiger partial charge is 0.465 e. The topological polar surface area (TPSA) is 91.5 Å². The molecule has 0 saturated heterocycles. The van der Waals surface area contributed by atoms with E-state index in [2.05, 4.69) is 19.6 Å². The van der Waals surface area contributed by atoms with Crippen LogP contribution in [0.2, 0.25) is 0 Å². The zero-order valence-electron chi connectivity index (χ0n) is 10.2. The number of ether oxygens (including phenoxy) is 2. The molecule has 2 heterocycles. The number of esters is 2. The van der Waals surface area contributed by atoms with Gasteiger partial charge in [-0.1, -0.05) is 11.2 Å². The maximum atomic E-state index is 11.8. The van der Waals surface area contributed by atoms with E-state index in [-0.39, 0.29) is 17.0 Å². The third kappa shape index (κ3) is 2.30. The van der Waals surface area contributed by atoms with Crippen molar-refractivity contribution in [2.75, 3.05) is 14.2 Å². The van der Waals surface area contributed by atoms with Gasteiger partial charge in [0.25, 0.3) is 5.76 Å². The second-order valence-electron chi connectivity index (χ2n) is 3.43. The number of methoxy groups -OCH3 is 2. The fourth-order valence-electron chi connectivity index (χ4n) is 1.49. The van der Waals surface area contributed by atoms with Crippen LogP contribution in [-0.4, -0.2) is 36.3 Å². The second-order valence-corrected chi connectivity index (χ2v) is 3.43. The SMILES string of the molecule is COC(=O)c1onc(-c2ccccn2)c1C(=O)OC. The van der Waals surface area contributed by atoms with Gasteiger partial charge < -0.3 is 14.0 Å². The molecule has 0 radical (unpaired) electrons. The third-order valence-corrected chi connectivity index (χ3v) is 2.36. The van der Waals surface area contributed by atoms with Gasteiger partial charge in [0.15, 0.2) is 0 Å². The van der Waals surface area contributed by atoms with Crippen molar-refractivity contribution in [2.45, 2.75) is 0 Å². The predicted octanol–water partition coefficient (Wildman–Crippen LogP) is 1.31. The standard InChI is InChI=1S/C12H10N2O5/c1-17-11(15)8-9(7-5-3-4-6-13-7)14-19-10(8)12(16)18-2/h3-6H,1-2H3. The summed E-state index contributed by atoms with van der Waals surface area (Å²) in [6, 6.07) is 5.06. The highest BCUT2D eigenvalue weighted by atomic mass is 16.6. The van der Waals surface area contributed by atoms with Crippen LogP contribution in [0.4, 0.5) is 0 Å². The number of hydrogen-bond donors (Lipinski definition) is 0. The molecule has 0 amide bonds. The Balaban J connectivity index is 2.60. The summed E-state index contributed by atoms with van der Waals surface area (Å²) in [7, 11) is 2.37. The molecule has 2 aromatic heterocycles. The molecule has 0 aliphatic carbocycles. The van der Waals surface area contributed by atoms with Crippen molar-refractivity contribution in [3.05, 3.63) is 35.7 Å². The smallest absolute Gasteiger partial charge is 0.377 e. The van der Waals surface area contributed by atoms with Crippen molar-refractivity contribution < 1.29 is 23.6 Å². The molecule has 0 unspecified atom stereocenters. The van der Waals surface area contributed by atoms with Gasteiger partial charge in [-0.2, -0.15) is 0 Å². The first-order valence-corrected chi connectivity index (χ1v) is 5.26. The van der Waals surface area contributed by atoms with Crippen molar-refractivity contribution in [1.29, 1.82) is 0 Å². The molecule has 7 heteroatoms. The Bertz CT molecular complexity index is 606. The van der Waals surface area contributed by atoms with Crippen molar-refractivity contribution in [3.8, 4) is 11.4 Å². The van der Waals surface area contributed by atoms with Gasteiger partial charge in [-0.25, -0.2) is 9.59 Å². The van der Waals surface area contributed by atoms with Gasteiger partial charge in [0.05, 0.1) is 19.9 Å². The van der Waals surface area contributed by atoms with E-state index in [0.29, 0.717) is 5.69 Å². The Morgan fingerprint density at radius 1 is 1.16 bits per heavy atom. The molecule has 0 aliphatic heterocycles. The summed E-state index contributed by atoms with van der Waals surface area (Å²) in [5.41, 5.74) is 0.419. The zero-order chi connectivity index (χ0) is 13.8. The highest BCUT2D eigenvalue weighted by Crippen LogP contribution is 2.25. The number of nitrogens with zero attached hydrogens (tertiary/aromatic N) is 2. The van der Waals surface area contributed by atoms with Crippen molar-refractivity contribution in [3.63, 3.8) is 0 Å². The Morgan fingerprint density at radius 2 is 1.89 bits per heavy atom. The number of carbonyl (C=O) groups is 2. The monoisotopic (exact) mass is 262 g/mol. The lowest BCUT2D eigenvalue weighted by molar-refractivity contribution is 0.0521. The van der Waals surface area contributed by atoms with Crippen LogP contribution in [0.25, 0.3) is 11.4 Å². The van der Waals surface area contributed by atoms with Gasteiger partial charge in [-0.05, 0) is 12.1 Å². The Morgan fingerprint density at radius 3 is 2.47 bits per heavy atom. The molecule has 0 atom stereocenters. The fourth-order valence-corrected chi connectivity index (χ4v) is 1.49. The first-order chi connectivity index (χ1) is 9.19. The third-order valence-electron chi connectivity index (χ3n) is 2.36. The van der Waals surface area contributed by atoms with E-state index in [0.717, 1.165) is 0 Å². The van der Waals surface area contributed by atoms with Crippen LogP contribution in [0, 0.1) is 0 Å². The summed E-state index contributed by atoms with van der Waals surface area (Å²) in [6.07, 6.45) is 1.53. The van der Waals surface area contributed by atoms with Crippen molar-refractivity contribution >= 4 is 11.9 Å². The van der Waals surface area contributed by atoms with Gasteiger partial charge in [0, 0.05) is 6.20 Å². The van der Waals surface area contributed by atoms with E-state index in [1.54, 1.807) is 18.2 Å². The highest BCUT2D eigenvalue weighted by Gasteiger charge is 2.30. The second kappa shape index (κ2) is 5.30. The summed E-state index contributed by atoms with van der Waals surface area (Å²) in [5.74, 6) is -1.87. The average Bonchev–Trinajstić information content (AvgIpc) is 2.91. The summed E-state index contributed by atoms with van der Waals surface area (Å²) in [6.45, 7) is 0. The molecule has 0 aliphatic rings. The van der Waals surface area contributed by atoms with Crippen LogP contribution in [-0.2, 0) is 9.47 Å². The van der Waals surface area contributed by atoms with Crippen molar-refractivity contribution in [2.24, 2.45) is 0 Å². The van der Waals surface area contributed by atoms with E-state index in [1.807, 2.05) is 0 Å². The van der Waals surface area contributed by atoms with Gasteiger partial charge >= 0.3 is 11.9 Å². The molecule has 0 spiro atoms. The van der Waals surface area contributed by atoms with E-state index in [4.69, 9.17) is 4.52 Å². The highest BCUT2D eigenvalue weighted by molar-refractivity contribution is 6.05. The van der Waals surface area contributed by atoms with Crippen LogP contribution in [0.3, 0.4) is 0 Å². The predicted molar refractivity (Wildman–Crippen MR) is 62.4 cm³/mol. The number of carbonyl (C=O) groups excluding carboxylic acids is 2. The maximum absolute atomic E-state index is 11.8. The van der Waals surface area contributed by atoms with E-state index in [1.165, 1.54) is 20.4 Å². The zero-order valence-corrected chi connectivity index (χ0v) is 10.2. The lowest BCUT2D eigenvalue weighted by Gasteiger charge is -2.00. The molecule has 98 valence electrons. The molecular formula is C12H10N2O5. The van der Waals surface area contributed by atoms with Gasteiger partial charge in [-0.3, -0.25) is 4.98 Å². The molecule has 0 saturated carbocycles. The fraction of sp³-hybridized carbons (Fsp3) is 0.167. The Hall–Kier alpha value is -2.70. The lowest BCUT2D eigenvalue weighted by Crippen LogP contribution is -2.10. The van der Waals surface area contributed by atoms with Crippen LogP contribution in [0.5, 0.6) is 0 Å². The molecule has 2 rings (SSSR count). The average molecular weight is 262 g/mol. The molecule has 7 nitrogen and oxygen atoms in total. The number of pyridine rings is 1. The summed E-state index contributed by atoms with van der Waals surface area (Å²) < 4.78 is 14.0. The molecule has 0 aromatic carbocycles. The molecule has 0 fully saturated rings. The Labute approximate surface area is 108 Å². The minimum atomic E-state index is -0.810. The van der Waals surface area contributed by atoms with Crippen LogP contribution < -0.4 is 0 Å². The molecule has 2 aromatic rings. The number of aromatic nitrogens is 2. The normalized spacial score (nSPS) is 10.0. The van der Waals surface area contributed by atoms with E-state index >= 15 is 0 Å². The number of rotatable bonds is 3. The van der Waals surface area contributed by atoms with Crippen LogP contribution in [0.1, 0.15) is 20.9 Å². The lowest BCUT2D eigenvalue weighted by atomic mass is 10.1. The Kier molecular flexibility index (Phi) is 3.56. The van der Waals surface area contributed by atoms with Gasteiger partial charge in [-0.15, -0.1) is 0 Å². The van der Waals surface area contributed by atoms with E-state index < -0.39 is 11.9 Å². The minimum Gasteiger partial charge on any atom is -0.465 e. The first kappa shape index (κ1) is 12.7. The maximum Gasteiger partial charge on any atom is 0.377 e. The van der Waals surface area contributed by atoms with Crippen LogP contribution >= 0.6 is 0 Å². The quantitative estimate of drug-likeness (QED) is 0.770. The van der Waals surface area contributed by atoms with Gasteiger partial charge in [0.1, 0.15) is 11.3 Å². The van der Waals surface area contributed by atoms with Gasteiger partial charge in [0.2, 0.25) is 0 Å². The number of hydrogen-bond acceptors (Lipinski definition) is 7. The minimum absolute atomic E-state index is 0.104. The van der Waals surface area contributed by atoms with Crippen LogP contribution in [0.15, 0.2) is 28.9 Å². The molecule has 19 heavy (non-hydrogen) atoms. The summed E-state index contributed by atoms with van der Waals surface area (Å²) in [4.78, 5) is 27.3. The summed E-state index contributed by atoms with van der Waals surface area (Å²) in [5, 5.41) is 3.69. The summed E-state index contributed by atoms with van der Waals surface area (Å²) >= 11 is 0.